The number of pyridine rings is 1. The zero-order valence-corrected chi connectivity index (χ0v) is 15.0. The van der Waals surface area contributed by atoms with Gasteiger partial charge in [0.1, 0.15) is 5.82 Å². The highest BCUT2D eigenvalue weighted by molar-refractivity contribution is 6.31. The molecule has 1 fully saturated rings. The fourth-order valence-corrected chi connectivity index (χ4v) is 3.33. The number of rotatable bonds is 4. The molecule has 2 aromatic carbocycles. The maximum atomic E-state index is 14.3. The van der Waals surface area contributed by atoms with Crippen LogP contribution in [0, 0.1) is 5.82 Å². The summed E-state index contributed by atoms with van der Waals surface area (Å²) in [5, 5.41) is 5.00. The highest BCUT2D eigenvalue weighted by atomic mass is 35.5. The van der Waals surface area contributed by atoms with Gasteiger partial charge in [0, 0.05) is 53.2 Å². The molecular formula is C20H19ClFN3O. The first-order valence-electron chi connectivity index (χ1n) is 8.59. The Bertz CT molecular complexity index is 928. The van der Waals surface area contributed by atoms with Crippen molar-refractivity contribution in [1.82, 2.24) is 9.88 Å². The van der Waals surface area contributed by atoms with E-state index in [0.29, 0.717) is 30.3 Å². The molecule has 4 rings (SSSR count). The molecule has 0 bridgehead atoms. The van der Waals surface area contributed by atoms with E-state index in [1.54, 1.807) is 12.3 Å². The van der Waals surface area contributed by atoms with Crippen molar-refractivity contribution >= 4 is 33.9 Å². The Morgan fingerprint density at radius 2 is 1.96 bits per heavy atom. The number of benzene rings is 2. The van der Waals surface area contributed by atoms with Crippen LogP contribution in [0.15, 0.2) is 48.7 Å². The predicted octanol–water partition coefficient (Wildman–Crippen LogP) is 4.60. The van der Waals surface area contributed by atoms with Crippen LogP contribution in [-0.2, 0) is 11.3 Å². The minimum atomic E-state index is -0.187. The molecule has 0 spiro atoms. The minimum Gasteiger partial charge on any atom is -0.379 e. The van der Waals surface area contributed by atoms with Gasteiger partial charge in [-0.3, -0.25) is 9.88 Å². The molecule has 0 radical (unpaired) electrons. The molecule has 26 heavy (non-hydrogen) atoms. The molecule has 4 nitrogen and oxygen atoms in total. The van der Waals surface area contributed by atoms with E-state index in [-0.39, 0.29) is 5.82 Å². The van der Waals surface area contributed by atoms with E-state index in [2.05, 4.69) is 15.2 Å². The average molecular weight is 372 g/mol. The summed E-state index contributed by atoms with van der Waals surface area (Å²) >= 11 is 6.05. The lowest BCUT2D eigenvalue weighted by molar-refractivity contribution is 0.0337. The Balaban J connectivity index is 1.59. The van der Waals surface area contributed by atoms with E-state index in [4.69, 9.17) is 16.3 Å². The molecule has 0 atom stereocenters. The Hall–Kier alpha value is -2.21. The quantitative estimate of drug-likeness (QED) is 0.727. The summed E-state index contributed by atoms with van der Waals surface area (Å²) in [5.41, 5.74) is 3.25. The van der Waals surface area contributed by atoms with E-state index in [1.807, 2.05) is 30.3 Å². The van der Waals surface area contributed by atoms with Gasteiger partial charge < -0.3 is 10.1 Å². The van der Waals surface area contributed by atoms with Gasteiger partial charge in [-0.2, -0.15) is 0 Å². The number of hydrogen-bond donors (Lipinski definition) is 1. The third-order valence-electron chi connectivity index (χ3n) is 4.53. The van der Waals surface area contributed by atoms with Crippen LogP contribution >= 0.6 is 11.6 Å². The first-order valence-corrected chi connectivity index (χ1v) is 8.97. The number of morpholine rings is 1. The van der Waals surface area contributed by atoms with E-state index in [9.17, 15) is 4.39 Å². The van der Waals surface area contributed by atoms with Crippen molar-refractivity contribution in [2.45, 2.75) is 6.54 Å². The van der Waals surface area contributed by atoms with Crippen LogP contribution in [0.5, 0.6) is 0 Å². The third kappa shape index (κ3) is 3.80. The normalized spacial score (nSPS) is 15.3. The van der Waals surface area contributed by atoms with Gasteiger partial charge in [-0.25, -0.2) is 4.39 Å². The van der Waals surface area contributed by atoms with Crippen molar-refractivity contribution in [2.24, 2.45) is 0 Å². The number of anilines is 2. The van der Waals surface area contributed by atoms with Crippen molar-refractivity contribution < 1.29 is 9.13 Å². The molecule has 1 aliphatic heterocycles. The van der Waals surface area contributed by atoms with Gasteiger partial charge >= 0.3 is 0 Å². The van der Waals surface area contributed by atoms with Crippen molar-refractivity contribution in [3.8, 4) is 0 Å². The zero-order valence-electron chi connectivity index (χ0n) is 14.2. The third-order valence-corrected chi connectivity index (χ3v) is 4.76. The van der Waals surface area contributed by atoms with Crippen molar-refractivity contribution in [3.05, 3.63) is 65.1 Å². The Morgan fingerprint density at radius 1 is 1.12 bits per heavy atom. The van der Waals surface area contributed by atoms with E-state index in [1.165, 1.54) is 6.07 Å². The Morgan fingerprint density at radius 3 is 2.81 bits per heavy atom. The van der Waals surface area contributed by atoms with Crippen LogP contribution in [-0.4, -0.2) is 36.2 Å². The van der Waals surface area contributed by atoms with Gasteiger partial charge in [-0.15, -0.1) is 0 Å². The lowest BCUT2D eigenvalue weighted by Crippen LogP contribution is -2.35. The Labute approximate surface area is 156 Å². The van der Waals surface area contributed by atoms with Gasteiger partial charge in [0.15, 0.2) is 0 Å². The predicted molar refractivity (Wildman–Crippen MR) is 103 cm³/mol. The van der Waals surface area contributed by atoms with Crippen molar-refractivity contribution in [1.29, 1.82) is 0 Å². The summed E-state index contributed by atoms with van der Waals surface area (Å²) < 4.78 is 19.6. The molecule has 1 aromatic heterocycles. The fraction of sp³-hybridized carbons (Fsp3) is 0.250. The minimum absolute atomic E-state index is 0.187. The lowest BCUT2D eigenvalue weighted by atomic mass is 10.1. The van der Waals surface area contributed by atoms with Gasteiger partial charge in [-0.1, -0.05) is 11.6 Å². The van der Waals surface area contributed by atoms with Crippen molar-refractivity contribution in [2.75, 3.05) is 31.6 Å². The molecule has 2 heterocycles. The molecule has 6 heteroatoms. The van der Waals surface area contributed by atoms with Crippen LogP contribution in [0.4, 0.5) is 15.8 Å². The summed E-state index contributed by atoms with van der Waals surface area (Å²) in [4.78, 5) is 6.55. The van der Waals surface area contributed by atoms with Gasteiger partial charge in [0.25, 0.3) is 0 Å². The number of nitrogens with zero attached hydrogens (tertiary/aromatic N) is 2. The number of halogens is 2. The second-order valence-corrected chi connectivity index (χ2v) is 6.78. The molecule has 1 saturated heterocycles. The molecule has 1 aliphatic rings. The van der Waals surface area contributed by atoms with Gasteiger partial charge in [-0.05, 0) is 42.5 Å². The SMILES string of the molecule is Fc1ccc(Nc2ccnc3cc(Cl)ccc23)cc1CN1CCOCC1. The second kappa shape index (κ2) is 7.58. The number of aromatic nitrogens is 1. The molecule has 1 N–H and O–H groups in total. The van der Waals surface area contributed by atoms with Crippen LogP contribution < -0.4 is 5.32 Å². The van der Waals surface area contributed by atoms with Gasteiger partial charge in [0.2, 0.25) is 0 Å². The summed E-state index contributed by atoms with van der Waals surface area (Å²) in [6.45, 7) is 3.63. The summed E-state index contributed by atoms with van der Waals surface area (Å²) in [6, 6.07) is 12.6. The largest absolute Gasteiger partial charge is 0.379 e. The zero-order chi connectivity index (χ0) is 17.9. The molecule has 0 unspecified atom stereocenters. The van der Waals surface area contributed by atoms with Crippen LogP contribution in [0.3, 0.4) is 0 Å². The molecule has 134 valence electrons. The topological polar surface area (TPSA) is 37.4 Å². The van der Waals surface area contributed by atoms with Crippen LogP contribution in [0.2, 0.25) is 5.02 Å². The summed E-state index contributed by atoms with van der Waals surface area (Å²) in [7, 11) is 0. The smallest absolute Gasteiger partial charge is 0.127 e. The second-order valence-electron chi connectivity index (χ2n) is 6.34. The summed E-state index contributed by atoms with van der Waals surface area (Å²) in [6.07, 6.45) is 1.74. The highest BCUT2D eigenvalue weighted by Crippen LogP contribution is 2.28. The molecule has 0 amide bonds. The van der Waals surface area contributed by atoms with Gasteiger partial charge in [0.05, 0.1) is 18.7 Å². The van der Waals surface area contributed by atoms with Crippen molar-refractivity contribution in [3.63, 3.8) is 0 Å². The molecule has 3 aromatic rings. The van der Waals surface area contributed by atoms with E-state index in [0.717, 1.165) is 35.4 Å². The standard InChI is InChI=1S/C20H19ClFN3O/c21-15-1-3-17-19(5-6-23-20(17)12-15)24-16-2-4-18(22)14(11-16)13-25-7-9-26-10-8-25/h1-6,11-12H,7-10,13H2,(H,23,24). The summed E-state index contributed by atoms with van der Waals surface area (Å²) in [5.74, 6) is -0.187. The van der Waals surface area contributed by atoms with Crippen LogP contribution in [0.25, 0.3) is 10.9 Å². The van der Waals surface area contributed by atoms with E-state index >= 15 is 0 Å². The number of ether oxygens (including phenoxy) is 1. The van der Waals surface area contributed by atoms with Crippen LogP contribution in [0.1, 0.15) is 5.56 Å². The first kappa shape index (κ1) is 17.2. The average Bonchev–Trinajstić information content (AvgIpc) is 2.65. The highest BCUT2D eigenvalue weighted by Gasteiger charge is 2.14. The lowest BCUT2D eigenvalue weighted by Gasteiger charge is -2.26. The first-order chi connectivity index (χ1) is 12.7. The maximum Gasteiger partial charge on any atom is 0.127 e. The monoisotopic (exact) mass is 371 g/mol. The molecule has 0 saturated carbocycles. The number of hydrogen-bond acceptors (Lipinski definition) is 4. The molecule has 0 aliphatic carbocycles. The Kier molecular flexibility index (Phi) is 5.02. The maximum absolute atomic E-state index is 14.3. The van der Waals surface area contributed by atoms with E-state index < -0.39 is 0 Å². The number of fused-ring (bicyclic) bond motifs is 1. The molecular weight excluding hydrogens is 353 g/mol. The number of nitrogens with one attached hydrogen (secondary N) is 1. The fourth-order valence-electron chi connectivity index (χ4n) is 3.16.